The second-order valence-corrected chi connectivity index (χ2v) is 8.06. The molecule has 0 saturated carbocycles. The minimum Gasteiger partial charge on any atom is -0.298 e. The third-order valence-corrected chi connectivity index (χ3v) is 5.25. The zero-order valence-corrected chi connectivity index (χ0v) is 15.6. The van der Waals surface area contributed by atoms with E-state index >= 15 is 0 Å². The van der Waals surface area contributed by atoms with Gasteiger partial charge in [0.25, 0.3) is 5.91 Å². The number of aromatic nitrogens is 1. The summed E-state index contributed by atoms with van der Waals surface area (Å²) in [5, 5.41) is 5.25. The highest BCUT2D eigenvalue weighted by atomic mass is 79.9. The van der Waals surface area contributed by atoms with Gasteiger partial charge in [0.1, 0.15) is 4.34 Å². The normalized spacial score (nSPS) is 11.5. The number of anilines is 1. The van der Waals surface area contributed by atoms with E-state index in [4.69, 9.17) is 11.6 Å². The summed E-state index contributed by atoms with van der Waals surface area (Å²) >= 11 is 12.1. The van der Waals surface area contributed by atoms with Gasteiger partial charge in [-0.3, -0.25) is 10.1 Å². The zero-order valence-electron chi connectivity index (χ0n) is 11.6. The fraction of sp³-hybridized carbons (Fsp3) is 0. The molecule has 116 valence electrons. The number of hydrogen-bond donors (Lipinski definition) is 1. The van der Waals surface area contributed by atoms with E-state index in [2.05, 4.69) is 26.2 Å². The molecule has 0 fully saturated rings. The first kappa shape index (κ1) is 16.4. The largest absolute Gasteiger partial charge is 0.298 e. The second kappa shape index (κ2) is 7.40. The van der Waals surface area contributed by atoms with Crippen molar-refractivity contribution in [3.05, 3.63) is 67.2 Å². The fourth-order valence-electron chi connectivity index (χ4n) is 1.93. The van der Waals surface area contributed by atoms with Crippen LogP contribution in [-0.2, 0) is 4.79 Å². The average Bonchev–Trinajstić information content (AvgIpc) is 3.16. The maximum Gasteiger partial charge on any atom is 0.258 e. The fourth-order valence-corrected chi connectivity index (χ4v) is 3.79. The van der Waals surface area contributed by atoms with E-state index in [-0.39, 0.29) is 5.91 Å². The molecular weight excluding hydrogens is 416 g/mol. The Morgan fingerprint density at radius 2 is 2.17 bits per heavy atom. The highest BCUT2D eigenvalue weighted by molar-refractivity contribution is 9.10. The van der Waals surface area contributed by atoms with Crippen molar-refractivity contribution in [1.82, 2.24) is 4.98 Å². The molecule has 23 heavy (non-hydrogen) atoms. The number of halogens is 2. The molecule has 1 N–H and O–H groups in total. The Hall–Kier alpha value is -1.47. The van der Waals surface area contributed by atoms with E-state index in [0.717, 1.165) is 14.9 Å². The molecule has 0 aliphatic heterocycles. The first-order chi connectivity index (χ1) is 11.1. The predicted octanol–water partition coefficient (Wildman–Crippen LogP) is 5.80. The van der Waals surface area contributed by atoms with Crippen LogP contribution < -0.4 is 5.32 Å². The number of rotatable bonds is 4. The van der Waals surface area contributed by atoms with Crippen molar-refractivity contribution in [3.8, 4) is 0 Å². The van der Waals surface area contributed by atoms with Crippen molar-refractivity contribution in [2.75, 3.05) is 5.32 Å². The summed E-state index contributed by atoms with van der Waals surface area (Å²) in [6.07, 6.45) is 3.39. The van der Waals surface area contributed by atoms with Crippen LogP contribution in [0.2, 0.25) is 4.34 Å². The molecule has 0 aliphatic rings. The summed E-state index contributed by atoms with van der Waals surface area (Å²) in [5.41, 5.74) is 1.40. The topological polar surface area (TPSA) is 42.0 Å². The summed E-state index contributed by atoms with van der Waals surface area (Å²) in [6, 6.07) is 11.6. The van der Waals surface area contributed by atoms with Gasteiger partial charge in [-0.05, 0) is 35.2 Å². The van der Waals surface area contributed by atoms with Gasteiger partial charge in [-0.2, -0.15) is 0 Å². The van der Waals surface area contributed by atoms with Gasteiger partial charge in [0.2, 0.25) is 0 Å². The van der Waals surface area contributed by atoms with E-state index in [0.29, 0.717) is 15.0 Å². The molecule has 1 aromatic carbocycles. The Morgan fingerprint density at radius 3 is 2.83 bits per heavy atom. The molecule has 3 rings (SSSR count). The van der Waals surface area contributed by atoms with Crippen molar-refractivity contribution in [1.29, 1.82) is 0 Å². The van der Waals surface area contributed by atoms with Crippen LogP contribution in [0.4, 0.5) is 5.13 Å². The predicted molar refractivity (Wildman–Crippen MR) is 102 cm³/mol. The lowest BCUT2D eigenvalue weighted by molar-refractivity contribution is -0.111. The van der Waals surface area contributed by atoms with E-state index in [1.54, 1.807) is 11.3 Å². The van der Waals surface area contributed by atoms with Gasteiger partial charge in [0.15, 0.2) is 5.13 Å². The standard InChI is InChI=1S/C16H10BrClN2OS2/c17-11-4-1-3-10(7-11)13(8-12-5-2-6-22-12)15(21)20-16-19-9-14(18)23-16/h1-9H,(H,19,20,21)/b13-8+. The Bertz CT molecular complexity index is 859. The number of carbonyl (C=O) groups excluding carboxylic acids is 1. The Labute approximate surface area is 154 Å². The number of thiophene rings is 1. The lowest BCUT2D eigenvalue weighted by atomic mass is 10.0. The number of amides is 1. The lowest BCUT2D eigenvalue weighted by Gasteiger charge is -2.08. The van der Waals surface area contributed by atoms with Crippen LogP contribution in [0, 0.1) is 0 Å². The molecule has 1 amide bonds. The highest BCUT2D eigenvalue weighted by Gasteiger charge is 2.15. The second-order valence-electron chi connectivity index (χ2n) is 4.51. The van der Waals surface area contributed by atoms with Crippen LogP contribution in [0.15, 0.2) is 52.4 Å². The third kappa shape index (κ3) is 4.29. The summed E-state index contributed by atoms with van der Waals surface area (Å²) in [4.78, 5) is 17.8. The van der Waals surface area contributed by atoms with Gasteiger partial charge >= 0.3 is 0 Å². The van der Waals surface area contributed by atoms with Crippen LogP contribution >= 0.6 is 50.2 Å². The van der Waals surface area contributed by atoms with Gasteiger partial charge in [0.05, 0.1) is 6.20 Å². The molecule has 0 bridgehead atoms. The smallest absolute Gasteiger partial charge is 0.258 e. The molecule has 0 radical (unpaired) electrons. The quantitative estimate of drug-likeness (QED) is 0.537. The van der Waals surface area contributed by atoms with E-state index in [1.807, 2.05) is 47.9 Å². The highest BCUT2D eigenvalue weighted by Crippen LogP contribution is 2.27. The van der Waals surface area contributed by atoms with E-state index < -0.39 is 0 Å². The Balaban J connectivity index is 1.96. The Morgan fingerprint density at radius 1 is 1.30 bits per heavy atom. The van der Waals surface area contributed by atoms with Crippen LogP contribution in [-0.4, -0.2) is 10.9 Å². The molecule has 0 aliphatic carbocycles. The monoisotopic (exact) mass is 424 g/mol. The average molecular weight is 426 g/mol. The zero-order chi connectivity index (χ0) is 16.2. The maximum atomic E-state index is 12.7. The van der Waals surface area contributed by atoms with Crippen molar-refractivity contribution < 1.29 is 4.79 Å². The summed E-state index contributed by atoms with van der Waals surface area (Å²) in [6.45, 7) is 0. The number of hydrogen-bond acceptors (Lipinski definition) is 4. The van der Waals surface area contributed by atoms with Crippen molar-refractivity contribution in [2.45, 2.75) is 0 Å². The molecule has 0 spiro atoms. The van der Waals surface area contributed by atoms with Gasteiger partial charge in [0, 0.05) is 14.9 Å². The lowest BCUT2D eigenvalue weighted by Crippen LogP contribution is -2.13. The Kier molecular flexibility index (Phi) is 5.27. The summed E-state index contributed by atoms with van der Waals surface area (Å²) in [5.74, 6) is -0.220. The molecule has 2 aromatic heterocycles. The van der Waals surface area contributed by atoms with Crippen LogP contribution in [0.1, 0.15) is 10.4 Å². The summed E-state index contributed by atoms with van der Waals surface area (Å²) in [7, 11) is 0. The molecule has 0 unspecified atom stereocenters. The third-order valence-electron chi connectivity index (χ3n) is 2.91. The molecule has 0 saturated heterocycles. The number of benzene rings is 1. The van der Waals surface area contributed by atoms with E-state index in [1.165, 1.54) is 17.5 Å². The molecule has 2 heterocycles. The number of carbonyl (C=O) groups is 1. The van der Waals surface area contributed by atoms with Gasteiger partial charge in [-0.25, -0.2) is 4.98 Å². The van der Waals surface area contributed by atoms with Gasteiger partial charge < -0.3 is 0 Å². The minimum atomic E-state index is -0.220. The van der Waals surface area contributed by atoms with Crippen molar-refractivity contribution in [2.24, 2.45) is 0 Å². The number of nitrogens with one attached hydrogen (secondary N) is 1. The minimum absolute atomic E-state index is 0.220. The first-order valence-electron chi connectivity index (χ1n) is 6.55. The SMILES string of the molecule is O=C(Nc1ncc(Cl)s1)/C(=C/c1cccs1)c1cccc(Br)c1. The van der Waals surface area contributed by atoms with Crippen molar-refractivity contribution >= 4 is 72.9 Å². The maximum absolute atomic E-state index is 12.7. The van der Waals surface area contributed by atoms with Gasteiger partial charge in [-0.1, -0.05) is 57.1 Å². The van der Waals surface area contributed by atoms with Crippen LogP contribution in [0.25, 0.3) is 11.6 Å². The molecular formula is C16H10BrClN2OS2. The van der Waals surface area contributed by atoms with E-state index in [9.17, 15) is 4.79 Å². The molecule has 3 nitrogen and oxygen atoms in total. The molecule has 3 aromatic rings. The number of nitrogens with zero attached hydrogens (tertiary/aromatic N) is 1. The first-order valence-corrected chi connectivity index (χ1v) is 9.42. The molecule has 0 atom stereocenters. The molecule has 7 heteroatoms. The van der Waals surface area contributed by atoms with Crippen molar-refractivity contribution in [3.63, 3.8) is 0 Å². The van der Waals surface area contributed by atoms with Crippen LogP contribution in [0.3, 0.4) is 0 Å². The van der Waals surface area contributed by atoms with Gasteiger partial charge in [-0.15, -0.1) is 11.3 Å². The van der Waals surface area contributed by atoms with Crippen LogP contribution in [0.5, 0.6) is 0 Å². The number of thiazole rings is 1. The summed E-state index contributed by atoms with van der Waals surface area (Å²) < 4.78 is 1.45.